The van der Waals surface area contributed by atoms with Gasteiger partial charge in [-0.2, -0.15) is 0 Å². The highest BCUT2D eigenvalue weighted by Gasteiger charge is 2.24. The molecule has 0 aliphatic carbocycles. The molecule has 3 heteroatoms. The van der Waals surface area contributed by atoms with Crippen molar-refractivity contribution in [3.05, 3.63) is 18.2 Å². The Balaban J connectivity index is 2.29. The van der Waals surface area contributed by atoms with Gasteiger partial charge in [0.1, 0.15) is 0 Å². The summed E-state index contributed by atoms with van der Waals surface area (Å²) in [5.41, 5.74) is 1.53. The number of nitrogens with zero attached hydrogens (tertiary/aromatic N) is 2. The number of hydrogen-bond donors (Lipinski definition) is 1. The summed E-state index contributed by atoms with van der Waals surface area (Å²) in [6.07, 6.45) is 5.19. The molecule has 1 aliphatic heterocycles. The van der Waals surface area contributed by atoms with Crippen LogP contribution in [0.15, 0.2) is 12.5 Å². The van der Waals surface area contributed by atoms with E-state index in [2.05, 4.69) is 35.6 Å². The average molecular weight is 193 g/mol. The number of rotatable bonds is 1. The van der Waals surface area contributed by atoms with E-state index in [0.29, 0.717) is 6.04 Å². The van der Waals surface area contributed by atoms with E-state index in [1.54, 1.807) is 0 Å². The van der Waals surface area contributed by atoms with E-state index >= 15 is 0 Å². The molecule has 1 unspecified atom stereocenters. The average Bonchev–Trinajstić information content (AvgIpc) is 2.73. The summed E-state index contributed by atoms with van der Waals surface area (Å²) in [5, 5.41) is 3.39. The van der Waals surface area contributed by atoms with Crippen LogP contribution in [0.2, 0.25) is 0 Å². The van der Waals surface area contributed by atoms with Crippen LogP contribution in [0.3, 0.4) is 0 Å². The molecule has 0 amide bonds. The van der Waals surface area contributed by atoms with Crippen LogP contribution in [0, 0.1) is 0 Å². The molecule has 14 heavy (non-hydrogen) atoms. The van der Waals surface area contributed by atoms with Crippen molar-refractivity contribution in [1.82, 2.24) is 14.9 Å². The van der Waals surface area contributed by atoms with Crippen LogP contribution in [-0.2, 0) is 5.41 Å². The zero-order chi connectivity index (χ0) is 10.2. The van der Waals surface area contributed by atoms with Crippen molar-refractivity contribution in [2.45, 2.75) is 38.6 Å². The van der Waals surface area contributed by atoms with Gasteiger partial charge in [-0.05, 0) is 13.0 Å². The van der Waals surface area contributed by atoms with Gasteiger partial charge in [-0.3, -0.25) is 0 Å². The summed E-state index contributed by atoms with van der Waals surface area (Å²) >= 11 is 0. The molecule has 1 fully saturated rings. The van der Waals surface area contributed by atoms with E-state index in [4.69, 9.17) is 0 Å². The fourth-order valence-corrected chi connectivity index (χ4v) is 2.05. The number of nitrogens with one attached hydrogen (secondary N) is 1. The molecule has 3 nitrogen and oxygen atoms in total. The van der Waals surface area contributed by atoms with Crippen LogP contribution < -0.4 is 5.32 Å². The lowest BCUT2D eigenvalue weighted by molar-refractivity contribution is 0.463. The maximum absolute atomic E-state index is 4.27. The molecule has 1 aliphatic rings. The summed E-state index contributed by atoms with van der Waals surface area (Å²) in [7, 11) is 0. The minimum absolute atomic E-state index is 0.194. The summed E-state index contributed by atoms with van der Waals surface area (Å²) in [6, 6.07) is 0.603. The van der Waals surface area contributed by atoms with Gasteiger partial charge >= 0.3 is 0 Å². The van der Waals surface area contributed by atoms with Crippen molar-refractivity contribution in [3.63, 3.8) is 0 Å². The van der Waals surface area contributed by atoms with Crippen LogP contribution in [-0.4, -0.2) is 22.6 Å². The van der Waals surface area contributed by atoms with E-state index in [1.807, 2.05) is 12.5 Å². The molecule has 2 rings (SSSR count). The summed E-state index contributed by atoms with van der Waals surface area (Å²) in [4.78, 5) is 4.27. The van der Waals surface area contributed by atoms with E-state index < -0.39 is 0 Å². The van der Waals surface area contributed by atoms with Crippen molar-refractivity contribution in [2.75, 3.05) is 13.1 Å². The highest BCUT2D eigenvalue weighted by Crippen LogP contribution is 2.26. The van der Waals surface area contributed by atoms with Crippen molar-refractivity contribution in [1.29, 1.82) is 0 Å². The molecule has 0 spiro atoms. The van der Waals surface area contributed by atoms with Crippen molar-refractivity contribution in [3.8, 4) is 0 Å². The monoisotopic (exact) mass is 193 g/mol. The standard InChI is InChI=1S/C11H19N3/c1-11(2,3)10-7-13-8-14(10)9-4-5-12-6-9/h7-9,12H,4-6H2,1-3H3. The smallest absolute Gasteiger partial charge is 0.0951 e. The van der Waals surface area contributed by atoms with Crippen molar-refractivity contribution >= 4 is 0 Å². The molecule has 0 saturated carbocycles. The van der Waals surface area contributed by atoms with Gasteiger partial charge in [-0.25, -0.2) is 4.98 Å². The van der Waals surface area contributed by atoms with Crippen molar-refractivity contribution in [2.24, 2.45) is 0 Å². The zero-order valence-electron chi connectivity index (χ0n) is 9.25. The highest BCUT2D eigenvalue weighted by molar-refractivity contribution is 5.12. The second kappa shape index (κ2) is 3.39. The molecule has 0 aromatic carbocycles. The first kappa shape index (κ1) is 9.71. The molecule has 1 saturated heterocycles. The molecule has 1 N–H and O–H groups in total. The first-order chi connectivity index (χ1) is 6.59. The minimum atomic E-state index is 0.194. The largest absolute Gasteiger partial charge is 0.330 e. The van der Waals surface area contributed by atoms with Gasteiger partial charge in [0.15, 0.2) is 0 Å². The Morgan fingerprint density at radius 3 is 2.86 bits per heavy atom. The Morgan fingerprint density at radius 1 is 1.50 bits per heavy atom. The van der Waals surface area contributed by atoms with Gasteiger partial charge < -0.3 is 9.88 Å². The fourth-order valence-electron chi connectivity index (χ4n) is 2.05. The zero-order valence-corrected chi connectivity index (χ0v) is 9.25. The molecule has 1 atom stereocenters. The highest BCUT2D eigenvalue weighted by atomic mass is 15.1. The molecule has 2 heterocycles. The van der Waals surface area contributed by atoms with E-state index in [-0.39, 0.29) is 5.41 Å². The van der Waals surface area contributed by atoms with Gasteiger partial charge in [0.05, 0.1) is 6.33 Å². The van der Waals surface area contributed by atoms with Crippen LogP contribution in [0.5, 0.6) is 0 Å². The quantitative estimate of drug-likeness (QED) is 0.736. The molecular formula is C11H19N3. The maximum atomic E-state index is 4.27. The van der Waals surface area contributed by atoms with Crippen LogP contribution in [0.4, 0.5) is 0 Å². The van der Waals surface area contributed by atoms with Gasteiger partial charge in [0, 0.05) is 29.9 Å². The normalized spacial score (nSPS) is 22.9. The van der Waals surface area contributed by atoms with Crippen LogP contribution in [0.1, 0.15) is 38.9 Å². The molecule has 1 aromatic heterocycles. The van der Waals surface area contributed by atoms with Gasteiger partial charge in [-0.1, -0.05) is 20.8 Å². The summed E-state index contributed by atoms with van der Waals surface area (Å²) in [6.45, 7) is 8.93. The molecule has 78 valence electrons. The molecule has 1 aromatic rings. The molecular weight excluding hydrogens is 174 g/mol. The number of imidazole rings is 1. The number of aromatic nitrogens is 2. The second-order valence-electron chi connectivity index (χ2n) is 5.08. The predicted molar refractivity (Wildman–Crippen MR) is 57.5 cm³/mol. The first-order valence-corrected chi connectivity index (χ1v) is 5.32. The molecule has 0 bridgehead atoms. The van der Waals surface area contributed by atoms with Gasteiger partial charge in [-0.15, -0.1) is 0 Å². The van der Waals surface area contributed by atoms with Crippen LogP contribution >= 0.6 is 0 Å². The Labute approximate surface area is 85.5 Å². The van der Waals surface area contributed by atoms with Crippen molar-refractivity contribution < 1.29 is 0 Å². The Kier molecular flexibility index (Phi) is 2.35. The van der Waals surface area contributed by atoms with Gasteiger partial charge in [0.2, 0.25) is 0 Å². The third-order valence-electron chi connectivity index (χ3n) is 2.86. The topological polar surface area (TPSA) is 29.9 Å². The molecule has 0 radical (unpaired) electrons. The lowest BCUT2D eigenvalue weighted by atomic mass is 9.92. The third-order valence-corrected chi connectivity index (χ3v) is 2.86. The summed E-state index contributed by atoms with van der Waals surface area (Å²) < 4.78 is 2.33. The second-order valence-corrected chi connectivity index (χ2v) is 5.08. The maximum Gasteiger partial charge on any atom is 0.0951 e. The van der Waals surface area contributed by atoms with E-state index in [1.165, 1.54) is 12.1 Å². The minimum Gasteiger partial charge on any atom is -0.330 e. The predicted octanol–water partition coefficient (Wildman–Crippen LogP) is 1.71. The lowest BCUT2D eigenvalue weighted by Gasteiger charge is -2.23. The Bertz CT molecular complexity index is 303. The van der Waals surface area contributed by atoms with Crippen LogP contribution in [0.25, 0.3) is 0 Å². The summed E-state index contributed by atoms with van der Waals surface area (Å²) in [5.74, 6) is 0. The Hall–Kier alpha value is -0.830. The number of hydrogen-bond acceptors (Lipinski definition) is 2. The van der Waals surface area contributed by atoms with E-state index in [0.717, 1.165) is 13.1 Å². The first-order valence-electron chi connectivity index (χ1n) is 5.32. The SMILES string of the molecule is CC(C)(C)c1cncn1C1CCNC1. The fraction of sp³-hybridized carbons (Fsp3) is 0.727. The third kappa shape index (κ3) is 1.69. The van der Waals surface area contributed by atoms with Gasteiger partial charge in [0.25, 0.3) is 0 Å². The Morgan fingerprint density at radius 2 is 2.29 bits per heavy atom. The van der Waals surface area contributed by atoms with E-state index in [9.17, 15) is 0 Å². The lowest BCUT2D eigenvalue weighted by Crippen LogP contribution is -2.21.